The van der Waals surface area contributed by atoms with Crippen LogP contribution in [-0.4, -0.2) is 36.2 Å². The number of anilines is 1. The Morgan fingerprint density at radius 2 is 1.56 bits per heavy atom. The minimum Gasteiger partial charge on any atom is -0.478 e. The van der Waals surface area contributed by atoms with E-state index in [0.29, 0.717) is 11.3 Å². The first kappa shape index (κ1) is 21.1. The molecule has 32 heavy (non-hydrogen) atoms. The molecule has 0 bridgehead atoms. The zero-order valence-corrected chi connectivity index (χ0v) is 17.4. The zero-order chi connectivity index (χ0) is 22.7. The summed E-state index contributed by atoms with van der Waals surface area (Å²) in [5, 5.41) is 14.1. The molecule has 1 aliphatic rings. The van der Waals surface area contributed by atoms with Gasteiger partial charge in [-0.2, -0.15) is 0 Å². The van der Waals surface area contributed by atoms with Gasteiger partial charge in [0.05, 0.1) is 5.56 Å². The fourth-order valence-electron chi connectivity index (χ4n) is 3.89. The van der Waals surface area contributed by atoms with Crippen LogP contribution < -0.4 is 10.6 Å². The molecule has 2 amide bonds. The third-order valence-corrected chi connectivity index (χ3v) is 5.50. The first-order valence-electron chi connectivity index (χ1n) is 10.2. The Morgan fingerprint density at radius 3 is 2.19 bits per heavy atom. The number of carboxylic acids is 1. The van der Waals surface area contributed by atoms with Gasteiger partial charge in [0.25, 0.3) is 0 Å². The average Bonchev–Trinajstić information content (AvgIpc) is 3.11. The zero-order valence-electron chi connectivity index (χ0n) is 17.4. The maximum Gasteiger partial charge on any atom is 0.407 e. The fourth-order valence-corrected chi connectivity index (χ4v) is 3.89. The quantitative estimate of drug-likeness (QED) is 0.544. The van der Waals surface area contributed by atoms with E-state index < -0.39 is 18.0 Å². The largest absolute Gasteiger partial charge is 0.478 e. The predicted molar refractivity (Wildman–Crippen MR) is 120 cm³/mol. The van der Waals surface area contributed by atoms with Crippen molar-refractivity contribution >= 4 is 23.7 Å². The van der Waals surface area contributed by atoms with Gasteiger partial charge in [-0.15, -0.1) is 0 Å². The second kappa shape index (κ2) is 8.93. The van der Waals surface area contributed by atoms with Crippen LogP contribution in [0.1, 0.15) is 33.0 Å². The van der Waals surface area contributed by atoms with Gasteiger partial charge in [0.1, 0.15) is 13.2 Å². The van der Waals surface area contributed by atoms with E-state index >= 15 is 0 Å². The number of hydrogen-bond acceptors (Lipinski definition) is 4. The van der Waals surface area contributed by atoms with Crippen LogP contribution in [0.15, 0.2) is 66.7 Å². The molecule has 0 fully saturated rings. The number of hydrogen-bond donors (Lipinski definition) is 3. The number of carboxylic acid groups (broad SMARTS) is 1. The number of nitrogens with one attached hydrogen (secondary N) is 2. The maximum absolute atomic E-state index is 12.2. The number of amides is 2. The number of carbonyl (C=O) groups is 3. The highest BCUT2D eigenvalue weighted by Crippen LogP contribution is 2.44. The first-order chi connectivity index (χ1) is 15.4. The van der Waals surface area contributed by atoms with Crippen LogP contribution in [0.5, 0.6) is 0 Å². The number of aryl methyl sites for hydroxylation is 1. The molecule has 0 unspecified atom stereocenters. The fraction of sp³-hybridized carbons (Fsp3) is 0.160. The van der Waals surface area contributed by atoms with E-state index in [1.807, 2.05) is 36.4 Å². The van der Waals surface area contributed by atoms with Gasteiger partial charge in [-0.05, 0) is 46.9 Å². The van der Waals surface area contributed by atoms with Gasteiger partial charge in [-0.25, -0.2) is 9.59 Å². The summed E-state index contributed by atoms with van der Waals surface area (Å²) < 4.78 is 5.41. The number of rotatable bonds is 6. The predicted octanol–water partition coefficient (Wildman–Crippen LogP) is 4.17. The van der Waals surface area contributed by atoms with Crippen LogP contribution in [-0.2, 0) is 9.53 Å². The molecule has 0 aromatic heterocycles. The van der Waals surface area contributed by atoms with Crippen LogP contribution in [0.3, 0.4) is 0 Å². The molecule has 0 aliphatic heterocycles. The van der Waals surface area contributed by atoms with Crippen molar-refractivity contribution in [2.45, 2.75) is 12.8 Å². The molecule has 7 nitrogen and oxygen atoms in total. The third kappa shape index (κ3) is 4.32. The van der Waals surface area contributed by atoms with Crippen molar-refractivity contribution in [2.24, 2.45) is 0 Å². The van der Waals surface area contributed by atoms with Crippen LogP contribution in [0, 0.1) is 6.92 Å². The summed E-state index contributed by atoms with van der Waals surface area (Å²) in [6.07, 6.45) is -0.696. The highest BCUT2D eigenvalue weighted by atomic mass is 16.5. The van der Waals surface area contributed by atoms with Gasteiger partial charge >= 0.3 is 12.1 Å². The monoisotopic (exact) mass is 430 g/mol. The van der Waals surface area contributed by atoms with Crippen molar-refractivity contribution in [1.82, 2.24) is 5.32 Å². The molecule has 1 aliphatic carbocycles. The molecule has 0 spiro atoms. The maximum atomic E-state index is 12.2. The van der Waals surface area contributed by atoms with Gasteiger partial charge < -0.3 is 20.5 Å². The number of aromatic carboxylic acids is 1. The van der Waals surface area contributed by atoms with Crippen LogP contribution in [0.4, 0.5) is 10.5 Å². The first-order valence-corrected chi connectivity index (χ1v) is 10.2. The number of ether oxygens (including phenoxy) is 1. The summed E-state index contributed by atoms with van der Waals surface area (Å²) in [7, 11) is 0. The smallest absolute Gasteiger partial charge is 0.407 e. The van der Waals surface area contributed by atoms with Gasteiger partial charge in [-0.1, -0.05) is 54.6 Å². The highest BCUT2D eigenvalue weighted by Gasteiger charge is 2.29. The Labute approximate surface area is 185 Å². The minimum absolute atomic E-state index is 0.0652. The summed E-state index contributed by atoms with van der Waals surface area (Å²) in [6, 6.07) is 20.5. The van der Waals surface area contributed by atoms with Crippen LogP contribution in [0.25, 0.3) is 11.1 Å². The van der Waals surface area contributed by atoms with E-state index in [4.69, 9.17) is 9.84 Å². The van der Waals surface area contributed by atoms with E-state index in [1.54, 1.807) is 13.0 Å². The molecule has 0 atom stereocenters. The molecule has 0 radical (unpaired) electrons. The normalized spacial score (nSPS) is 11.9. The number of alkyl carbamates (subject to hydrolysis) is 1. The third-order valence-electron chi connectivity index (χ3n) is 5.50. The Bertz CT molecular complexity index is 1160. The van der Waals surface area contributed by atoms with Crippen molar-refractivity contribution in [3.05, 3.63) is 89.0 Å². The molecule has 0 saturated heterocycles. The van der Waals surface area contributed by atoms with Crippen LogP contribution in [0.2, 0.25) is 0 Å². The van der Waals surface area contributed by atoms with Gasteiger partial charge in [0, 0.05) is 11.6 Å². The van der Waals surface area contributed by atoms with E-state index in [-0.39, 0.29) is 24.6 Å². The molecule has 3 aromatic carbocycles. The van der Waals surface area contributed by atoms with Crippen molar-refractivity contribution in [3.8, 4) is 11.1 Å². The Hall–Kier alpha value is -4.13. The molecule has 162 valence electrons. The molecule has 7 heteroatoms. The Morgan fingerprint density at radius 1 is 0.938 bits per heavy atom. The lowest BCUT2D eigenvalue weighted by Gasteiger charge is -2.15. The number of fused-ring (bicyclic) bond motifs is 3. The Kier molecular flexibility index (Phi) is 5.89. The lowest BCUT2D eigenvalue weighted by molar-refractivity contribution is -0.115. The summed E-state index contributed by atoms with van der Waals surface area (Å²) in [5.74, 6) is -1.63. The second-order valence-electron chi connectivity index (χ2n) is 7.56. The van der Waals surface area contributed by atoms with Gasteiger partial charge in [-0.3, -0.25) is 4.79 Å². The standard InChI is InChI=1S/C25H22N2O5/c1-15-10-11-16(24(29)30)12-22(15)27-23(28)13-26-25(31)32-14-21-19-8-4-2-6-17(19)18-7-3-5-9-20(18)21/h2-12,21H,13-14H2,1H3,(H,26,31)(H,27,28)(H,29,30). The van der Waals surface area contributed by atoms with Gasteiger partial charge in [0.2, 0.25) is 5.91 Å². The van der Waals surface area contributed by atoms with Gasteiger partial charge in [0.15, 0.2) is 0 Å². The summed E-state index contributed by atoms with van der Waals surface area (Å²) >= 11 is 0. The minimum atomic E-state index is -1.09. The lowest BCUT2D eigenvalue weighted by atomic mass is 9.98. The van der Waals surface area contributed by atoms with E-state index in [0.717, 1.165) is 22.3 Å². The van der Waals surface area contributed by atoms with Crippen molar-refractivity contribution in [3.63, 3.8) is 0 Å². The average molecular weight is 430 g/mol. The van der Waals surface area contributed by atoms with Crippen molar-refractivity contribution in [1.29, 1.82) is 0 Å². The molecular weight excluding hydrogens is 408 g/mol. The van der Waals surface area contributed by atoms with Crippen LogP contribution >= 0.6 is 0 Å². The number of carbonyl (C=O) groups excluding carboxylic acids is 2. The summed E-state index contributed by atoms with van der Waals surface area (Å²) in [4.78, 5) is 35.5. The highest BCUT2D eigenvalue weighted by molar-refractivity contribution is 5.96. The van der Waals surface area contributed by atoms with E-state index in [2.05, 4.69) is 22.8 Å². The molecule has 4 rings (SSSR count). The summed E-state index contributed by atoms with van der Waals surface area (Å²) in [5.41, 5.74) is 5.64. The van der Waals surface area contributed by atoms with E-state index in [9.17, 15) is 14.4 Å². The SMILES string of the molecule is Cc1ccc(C(=O)O)cc1NC(=O)CNC(=O)OCC1c2ccccc2-c2ccccc21. The molecule has 0 heterocycles. The lowest BCUT2D eigenvalue weighted by Crippen LogP contribution is -2.34. The molecule has 3 aromatic rings. The van der Waals surface area contributed by atoms with Crippen molar-refractivity contribution in [2.75, 3.05) is 18.5 Å². The van der Waals surface area contributed by atoms with E-state index in [1.165, 1.54) is 12.1 Å². The summed E-state index contributed by atoms with van der Waals surface area (Å²) in [6.45, 7) is 1.61. The topological polar surface area (TPSA) is 105 Å². The molecule has 0 saturated carbocycles. The number of benzene rings is 3. The Balaban J connectivity index is 1.33. The molecular formula is C25H22N2O5. The molecule has 3 N–H and O–H groups in total. The van der Waals surface area contributed by atoms with Crippen molar-refractivity contribution < 1.29 is 24.2 Å². The second-order valence-corrected chi connectivity index (χ2v) is 7.56.